The van der Waals surface area contributed by atoms with Gasteiger partial charge in [0.1, 0.15) is 17.7 Å². The van der Waals surface area contributed by atoms with Crippen LogP contribution < -0.4 is 10.6 Å². The molecule has 0 spiro atoms. The molecule has 5 aromatic carbocycles. The molecule has 0 N–H and O–H groups in total. The third-order valence-electron chi connectivity index (χ3n) is 7.95. The molecule has 216 valence electrons. The molecule has 0 aromatic heterocycles. The zero-order valence-electron chi connectivity index (χ0n) is 25.1. The van der Waals surface area contributed by atoms with Gasteiger partial charge in [0.2, 0.25) is 5.90 Å². The van der Waals surface area contributed by atoms with Crippen molar-refractivity contribution < 1.29 is 9.26 Å². The van der Waals surface area contributed by atoms with Crippen LogP contribution in [0.3, 0.4) is 0 Å². The molecule has 1 aliphatic rings. The number of ether oxygens (including phenoxy) is 1. The van der Waals surface area contributed by atoms with Crippen molar-refractivity contribution in [1.82, 2.24) is 0 Å². The SMILES string of the molecule is Cc1cc(C)cc(C2=N[C@H](C(Cc3ccccc3)(Cc3ccccc3)OP(c3ccccc3)c3ccccc3)[C@H](C)O2)c1. The van der Waals surface area contributed by atoms with Gasteiger partial charge in [-0.1, -0.05) is 139 Å². The van der Waals surface area contributed by atoms with Crippen LogP contribution in [0.25, 0.3) is 0 Å². The predicted octanol–water partition coefficient (Wildman–Crippen LogP) is 8.13. The second kappa shape index (κ2) is 13.1. The molecule has 43 heavy (non-hydrogen) atoms. The second-order valence-electron chi connectivity index (χ2n) is 11.5. The first-order chi connectivity index (χ1) is 21.0. The van der Waals surface area contributed by atoms with Crippen LogP contribution >= 0.6 is 8.15 Å². The first kappa shape index (κ1) is 29.1. The summed E-state index contributed by atoms with van der Waals surface area (Å²) in [7, 11) is -1.17. The lowest BCUT2D eigenvalue weighted by Gasteiger charge is -2.41. The molecule has 0 amide bonds. The van der Waals surface area contributed by atoms with E-state index in [1.165, 1.54) is 32.9 Å². The van der Waals surface area contributed by atoms with Crippen LogP contribution in [0.4, 0.5) is 0 Å². The minimum absolute atomic E-state index is 0.174. The highest BCUT2D eigenvalue weighted by Gasteiger charge is 2.49. The van der Waals surface area contributed by atoms with Crippen molar-refractivity contribution in [2.75, 3.05) is 0 Å². The van der Waals surface area contributed by atoms with E-state index in [0.717, 1.165) is 5.56 Å². The smallest absolute Gasteiger partial charge is 0.216 e. The number of rotatable bonds is 10. The van der Waals surface area contributed by atoms with Gasteiger partial charge in [0.05, 0.1) is 8.15 Å². The van der Waals surface area contributed by atoms with Crippen molar-refractivity contribution in [3.05, 3.63) is 167 Å². The normalized spacial score (nSPS) is 16.6. The summed E-state index contributed by atoms with van der Waals surface area (Å²) in [5.74, 6) is 0.696. The van der Waals surface area contributed by atoms with E-state index >= 15 is 0 Å². The fourth-order valence-corrected chi connectivity index (χ4v) is 8.12. The summed E-state index contributed by atoms with van der Waals surface area (Å²) >= 11 is 0. The second-order valence-corrected chi connectivity index (χ2v) is 13.3. The Morgan fingerprint density at radius 1 is 0.651 bits per heavy atom. The first-order valence-electron chi connectivity index (χ1n) is 15.0. The quantitative estimate of drug-likeness (QED) is 0.156. The number of hydrogen-bond donors (Lipinski definition) is 0. The molecule has 0 radical (unpaired) electrons. The molecule has 0 saturated heterocycles. The Bertz CT molecular complexity index is 1550. The van der Waals surface area contributed by atoms with Crippen molar-refractivity contribution in [3.8, 4) is 0 Å². The van der Waals surface area contributed by atoms with Gasteiger partial charge in [0, 0.05) is 29.0 Å². The predicted molar refractivity (Wildman–Crippen MR) is 180 cm³/mol. The summed E-state index contributed by atoms with van der Waals surface area (Å²) in [5, 5.41) is 2.36. The van der Waals surface area contributed by atoms with E-state index in [1.807, 2.05) is 0 Å². The molecule has 0 fully saturated rings. The fourth-order valence-electron chi connectivity index (χ4n) is 6.12. The van der Waals surface area contributed by atoms with Crippen molar-refractivity contribution in [1.29, 1.82) is 0 Å². The van der Waals surface area contributed by atoms with E-state index in [0.29, 0.717) is 18.7 Å². The number of nitrogens with zero attached hydrogens (tertiary/aromatic N) is 1. The molecule has 0 unspecified atom stereocenters. The zero-order chi connectivity index (χ0) is 29.6. The van der Waals surface area contributed by atoms with Crippen molar-refractivity contribution in [3.63, 3.8) is 0 Å². The van der Waals surface area contributed by atoms with E-state index in [4.69, 9.17) is 14.3 Å². The molecular weight excluding hydrogens is 545 g/mol. The highest BCUT2D eigenvalue weighted by atomic mass is 31.1. The van der Waals surface area contributed by atoms with E-state index in [-0.39, 0.29) is 12.1 Å². The molecule has 2 atom stereocenters. The number of aliphatic imine (C=N–C) groups is 1. The molecule has 5 aromatic rings. The van der Waals surface area contributed by atoms with Crippen molar-refractivity contribution >= 4 is 24.7 Å². The lowest BCUT2D eigenvalue weighted by atomic mass is 9.80. The Kier molecular flexibility index (Phi) is 8.84. The average molecular weight is 584 g/mol. The Morgan fingerprint density at radius 2 is 1.09 bits per heavy atom. The maximum Gasteiger partial charge on any atom is 0.216 e. The van der Waals surface area contributed by atoms with Crippen LogP contribution in [0, 0.1) is 13.8 Å². The molecule has 0 aliphatic carbocycles. The third kappa shape index (κ3) is 6.80. The molecule has 1 heterocycles. The van der Waals surface area contributed by atoms with E-state index in [2.05, 4.69) is 160 Å². The van der Waals surface area contributed by atoms with Crippen LogP contribution in [0.15, 0.2) is 145 Å². The van der Waals surface area contributed by atoms with E-state index in [1.54, 1.807) is 0 Å². The zero-order valence-corrected chi connectivity index (χ0v) is 26.0. The highest BCUT2D eigenvalue weighted by Crippen LogP contribution is 2.46. The van der Waals surface area contributed by atoms with Gasteiger partial charge in [-0.25, -0.2) is 4.99 Å². The maximum atomic E-state index is 7.68. The van der Waals surface area contributed by atoms with Gasteiger partial charge in [-0.3, -0.25) is 0 Å². The van der Waals surface area contributed by atoms with Crippen LogP contribution in [-0.4, -0.2) is 23.6 Å². The molecule has 4 heteroatoms. The van der Waals surface area contributed by atoms with Gasteiger partial charge < -0.3 is 9.26 Å². The number of aryl methyl sites for hydroxylation is 2. The molecule has 3 nitrogen and oxygen atoms in total. The molecule has 0 saturated carbocycles. The van der Waals surface area contributed by atoms with Gasteiger partial charge in [0.25, 0.3) is 0 Å². The fraction of sp³-hybridized carbons (Fsp3) is 0.205. The standard InChI is InChI=1S/C39H38NO2P/c1-29-24-30(2)26-34(25-29)38-40-37(31(3)41-38)39(27-32-16-8-4-9-17-32,28-33-18-10-5-11-19-33)42-43(35-20-12-6-13-21-35)36-22-14-7-15-23-36/h4-26,31,37H,27-28H2,1-3H3/t31-,37-/m0/s1. The molecule has 6 rings (SSSR count). The van der Waals surface area contributed by atoms with Crippen molar-refractivity contribution in [2.24, 2.45) is 4.99 Å². The third-order valence-corrected chi connectivity index (χ3v) is 10.0. The van der Waals surface area contributed by atoms with Gasteiger partial charge in [0.15, 0.2) is 0 Å². The lowest BCUT2D eigenvalue weighted by molar-refractivity contribution is 0.0249. The van der Waals surface area contributed by atoms with Gasteiger partial charge in [-0.05, 0) is 44.0 Å². The summed E-state index contributed by atoms with van der Waals surface area (Å²) in [6.45, 7) is 6.39. The number of hydrogen-bond acceptors (Lipinski definition) is 3. The van der Waals surface area contributed by atoms with Gasteiger partial charge >= 0.3 is 0 Å². The number of benzene rings is 5. The molecular formula is C39H38NO2P. The average Bonchev–Trinajstić information content (AvgIpc) is 3.43. The van der Waals surface area contributed by atoms with Crippen LogP contribution in [0.5, 0.6) is 0 Å². The Labute approximate surface area is 257 Å². The first-order valence-corrected chi connectivity index (χ1v) is 16.3. The molecule has 1 aliphatic heterocycles. The Hall–Kier alpha value is -4.04. The minimum atomic E-state index is -1.17. The summed E-state index contributed by atoms with van der Waals surface area (Å²) in [6.07, 6.45) is 1.22. The Morgan fingerprint density at radius 3 is 1.56 bits per heavy atom. The monoisotopic (exact) mass is 583 g/mol. The lowest BCUT2D eigenvalue weighted by Crippen LogP contribution is -2.51. The Balaban J connectivity index is 1.53. The van der Waals surface area contributed by atoms with Gasteiger partial charge in [-0.2, -0.15) is 0 Å². The van der Waals surface area contributed by atoms with Crippen molar-refractivity contribution in [2.45, 2.75) is 51.4 Å². The van der Waals surface area contributed by atoms with Crippen LogP contribution in [-0.2, 0) is 22.1 Å². The van der Waals surface area contributed by atoms with E-state index in [9.17, 15) is 0 Å². The van der Waals surface area contributed by atoms with Crippen LogP contribution in [0.2, 0.25) is 0 Å². The van der Waals surface area contributed by atoms with Gasteiger partial charge in [-0.15, -0.1) is 0 Å². The largest absolute Gasteiger partial charge is 0.472 e. The molecule has 0 bridgehead atoms. The topological polar surface area (TPSA) is 30.8 Å². The van der Waals surface area contributed by atoms with Crippen LogP contribution in [0.1, 0.15) is 34.7 Å². The summed E-state index contributed by atoms with van der Waals surface area (Å²) in [5.41, 5.74) is 5.16. The summed E-state index contributed by atoms with van der Waals surface area (Å²) < 4.78 is 14.3. The maximum absolute atomic E-state index is 7.68. The summed E-state index contributed by atoms with van der Waals surface area (Å²) in [4.78, 5) is 5.41. The minimum Gasteiger partial charge on any atom is -0.472 e. The summed E-state index contributed by atoms with van der Waals surface area (Å²) in [6, 6.07) is 49.0. The van der Waals surface area contributed by atoms with E-state index < -0.39 is 13.7 Å². The highest BCUT2D eigenvalue weighted by molar-refractivity contribution is 7.68.